The largest absolute Gasteiger partial charge is 0.356 e. The molecule has 0 radical (unpaired) electrons. The van der Waals surface area contributed by atoms with E-state index in [1.807, 2.05) is 6.92 Å². The molecule has 0 aliphatic rings. The van der Waals surface area contributed by atoms with Gasteiger partial charge in [-0.25, -0.2) is 0 Å². The highest BCUT2D eigenvalue weighted by Crippen LogP contribution is 2.26. The fraction of sp³-hybridized carbons (Fsp3) is 0.923. The first-order chi connectivity index (χ1) is 7.16. The van der Waals surface area contributed by atoms with E-state index in [1.165, 1.54) is 0 Å². The van der Waals surface area contributed by atoms with Gasteiger partial charge in [0.25, 0.3) is 0 Å². The SMILES string of the molecule is CCNC(=O)CCNC(C)(C)CC(C)(C)C. The van der Waals surface area contributed by atoms with Crippen LogP contribution in [0.2, 0.25) is 0 Å². The summed E-state index contributed by atoms with van der Waals surface area (Å²) in [5.74, 6) is 0.126. The van der Waals surface area contributed by atoms with Gasteiger partial charge in [0.05, 0.1) is 0 Å². The van der Waals surface area contributed by atoms with Crippen LogP contribution >= 0.6 is 0 Å². The van der Waals surface area contributed by atoms with E-state index in [1.54, 1.807) is 0 Å². The Morgan fingerprint density at radius 3 is 2.12 bits per heavy atom. The molecule has 1 amide bonds. The Morgan fingerprint density at radius 1 is 1.12 bits per heavy atom. The van der Waals surface area contributed by atoms with Crippen LogP contribution in [-0.4, -0.2) is 24.5 Å². The molecule has 0 aliphatic carbocycles. The highest BCUT2D eigenvalue weighted by atomic mass is 16.1. The molecule has 16 heavy (non-hydrogen) atoms. The van der Waals surface area contributed by atoms with E-state index in [2.05, 4.69) is 45.3 Å². The third kappa shape index (κ3) is 8.72. The lowest BCUT2D eigenvalue weighted by atomic mass is 9.82. The number of hydrogen-bond donors (Lipinski definition) is 2. The number of rotatable bonds is 6. The van der Waals surface area contributed by atoms with Crippen molar-refractivity contribution in [1.29, 1.82) is 0 Å². The summed E-state index contributed by atoms with van der Waals surface area (Å²) in [4.78, 5) is 11.3. The summed E-state index contributed by atoms with van der Waals surface area (Å²) in [5, 5.41) is 6.25. The topological polar surface area (TPSA) is 41.1 Å². The van der Waals surface area contributed by atoms with Crippen LogP contribution in [0.4, 0.5) is 0 Å². The average Bonchev–Trinajstić information content (AvgIpc) is 1.98. The Morgan fingerprint density at radius 2 is 1.69 bits per heavy atom. The predicted molar refractivity (Wildman–Crippen MR) is 69.5 cm³/mol. The minimum atomic E-state index is 0.0880. The van der Waals surface area contributed by atoms with E-state index in [0.717, 1.165) is 13.0 Å². The first-order valence-corrected chi connectivity index (χ1v) is 6.18. The summed E-state index contributed by atoms with van der Waals surface area (Å²) >= 11 is 0. The number of nitrogens with one attached hydrogen (secondary N) is 2. The molecule has 0 heterocycles. The molecule has 0 atom stereocenters. The molecule has 0 spiro atoms. The highest BCUT2D eigenvalue weighted by molar-refractivity contribution is 5.75. The van der Waals surface area contributed by atoms with Gasteiger partial charge in [-0.2, -0.15) is 0 Å². The molecule has 2 N–H and O–H groups in total. The molecule has 3 nitrogen and oxygen atoms in total. The molecule has 3 heteroatoms. The van der Waals surface area contributed by atoms with Crippen LogP contribution in [0.15, 0.2) is 0 Å². The van der Waals surface area contributed by atoms with E-state index in [-0.39, 0.29) is 11.4 Å². The maximum atomic E-state index is 11.3. The molecule has 0 rings (SSSR count). The van der Waals surface area contributed by atoms with Crippen molar-refractivity contribution in [3.8, 4) is 0 Å². The Balaban J connectivity index is 3.87. The molecule has 0 aromatic rings. The third-order valence-corrected chi connectivity index (χ3v) is 2.30. The molecule has 96 valence electrons. The molecule has 0 unspecified atom stereocenters. The van der Waals surface area contributed by atoms with Crippen molar-refractivity contribution in [2.24, 2.45) is 5.41 Å². The quantitative estimate of drug-likeness (QED) is 0.732. The van der Waals surface area contributed by atoms with Crippen molar-refractivity contribution >= 4 is 5.91 Å². The number of amides is 1. The van der Waals surface area contributed by atoms with Crippen LogP contribution in [0.1, 0.15) is 54.4 Å². The maximum absolute atomic E-state index is 11.3. The van der Waals surface area contributed by atoms with Gasteiger partial charge in [0, 0.05) is 25.0 Å². The number of carbonyl (C=O) groups is 1. The first-order valence-electron chi connectivity index (χ1n) is 6.18. The molecule has 0 fully saturated rings. The Bertz CT molecular complexity index is 216. The Kier molecular flexibility index (Phi) is 6.01. The van der Waals surface area contributed by atoms with Crippen LogP contribution in [0.3, 0.4) is 0 Å². The average molecular weight is 228 g/mol. The summed E-state index contributed by atoms with van der Waals surface area (Å²) in [6.07, 6.45) is 1.65. The van der Waals surface area contributed by atoms with Gasteiger partial charge in [-0.05, 0) is 32.6 Å². The third-order valence-electron chi connectivity index (χ3n) is 2.30. The molecular weight excluding hydrogens is 200 g/mol. The Hall–Kier alpha value is -0.570. The summed E-state index contributed by atoms with van der Waals surface area (Å²) < 4.78 is 0. The van der Waals surface area contributed by atoms with Crippen molar-refractivity contribution in [3.05, 3.63) is 0 Å². The second-order valence-corrected chi connectivity index (χ2v) is 6.25. The molecule has 0 saturated carbocycles. The molecule has 0 aromatic heterocycles. The summed E-state index contributed by atoms with van der Waals surface area (Å²) in [6, 6.07) is 0. The van der Waals surface area contributed by atoms with Crippen molar-refractivity contribution in [3.63, 3.8) is 0 Å². The minimum absolute atomic E-state index is 0.0880. The van der Waals surface area contributed by atoms with Gasteiger partial charge in [0.2, 0.25) is 5.91 Å². The van der Waals surface area contributed by atoms with Crippen molar-refractivity contribution in [2.45, 2.75) is 59.9 Å². The van der Waals surface area contributed by atoms with Crippen LogP contribution < -0.4 is 10.6 Å². The zero-order valence-corrected chi connectivity index (χ0v) is 11.7. The van der Waals surface area contributed by atoms with Crippen molar-refractivity contribution in [2.75, 3.05) is 13.1 Å². The summed E-state index contributed by atoms with van der Waals surface area (Å²) in [5.41, 5.74) is 0.396. The van der Waals surface area contributed by atoms with Crippen LogP contribution in [-0.2, 0) is 4.79 Å². The number of carbonyl (C=O) groups excluding carboxylic acids is 1. The molecule has 0 aliphatic heterocycles. The minimum Gasteiger partial charge on any atom is -0.356 e. The molecular formula is C13H28N2O. The lowest BCUT2D eigenvalue weighted by Gasteiger charge is -2.33. The van der Waals surface area contributed by atoms with Crippen LogP contribution in [0, 0.1) is 5.41 Å². The van der Waals surface area contributed by atoms with Gasteiger partial charge in [0.1, 0.15) is 0 Å². The molecule has 0 saturated heterocycles. The molecule has 0 aromatic carbocycles. The van der Waals surface area contributed by atoms with E-state index < -0.39 is 0 Å². The summed E-state index contributed by atoms with van der Waals surface area (Å²) in [6.45, 7) is 14.5. The standard InChI is InChI=1S/C13H28N2O/c1-7-14-11(16)8-9-15-13(5,6)10-12(2,3)4/h15H,7-10H2,1-6H3,(H,14,16). The predicted octanol–water partition coefficient (Wildman–Crippen LogP) is 2.32. The molecule has 0 bridgehead atoms. The zero-order valence-electron chi connectivity index (χ0n) is 11.7. The Labute approximate surface area is 100 Å². The maximum Gasteiger partial charge on any atom is 0.221 e. The van der Waals surface area contributed by atoms with Crippen molar-refractivity contribution in [1.82, 2.24) is 10.6 Å². The van der Waals surface area contributed by atoms with E-state index in [0.29, 0.717) is 18.4 Å². The zero-order chi connectivity index (χ0) is 12.8. The van der Waals surface area contributed by atoms with Gasteiger partial charge >= 0.3 is 0 Å². The van der Waals surface area contributed by atoms with Gasteiger partial charge in [-0.15, -0.1) is 0 Å². The van der Waals surface area contributed by atoms with Gasteiger partial charge < -0.3 is 10.6 Å². The van der Waals surface area contributed by atoms with Gasteiger partial charge in [-0.1, -0.05) is 20.8 Å². The first kappa shape index (κ1) is 15.4. The van der Waals surface area contributed by atoms with Gasteiger partial charge in [-0.3, -0.25) is 4.79 Å². The van der Waals surface area contributed by atoms with Crippen molar-refractivity contribution < 1.29 is 4.79 Å². The van der Waals surface area contributed by atoms with E-state index in [4.69, 9.17) is 0 Å². The van der Waals surface area contributed by atoms with Gasteiger partial charge in [0.15, 0.2) is 0 Å². The lowest BCUT2D eigenvalue weighted by Crippen LogP contribution is -2.43. The smallest absolute Gasteiger partial charge is 0.221 e. The highest BCUT2D eigenvalue weighted by Gasteiger charge is 2.24. The van der Waals surface area contributed by atoms with E-state index >= 15 is 0 Å². The van der Waals surface area contributed by atoms with Crippen LogP contribution in [0.5, 0.6) is 0 Å². The second-order valence-electron chi connectivity index (χ2n) is 6.25. The second kappa shape index (κ2) is 6.24. The fourth-order valence-electron chi connectivity index (χ4n) is 2.19. The number of hydrogen-bond acceptors (Lipinski definition) is 2. The lowest BCUT2D eigenvalue weighted by molar-refractivity contribution is -0.120. The monoisotopic (exact) mass is 228 g/mol. The van der Waals surface area contributed by atoms with E-state index in [9.17, 15) is 4.79 Å². The summed E-state index contributed by atoms with van der Waals surface area (Å²) in [7, 11) is 0. The fourth-order valence-corrected chi connectivity index (χ4v) is 2.19. The van der Waals surface area contributed by atoms with Crippen LogP contribution in [0.25, 0.3) is 0 Å². The normalized spacial score (nSPS) is 12.6.